The van der Waals surface area contributed by atoms with Gasteiger partial charge in [-0.2, -0.15) is 0 Å². The number of hydrogen-bond acceptors (Lipinski definition) is 3. The lowest BCUT2D eigenvalue weighted by atomic mass is 9.94. The normalized spacial score (nSPS) is 22.2. The zero-order valence-electron chi connectivity index (χ0n) is 10.9. The number of nitrogens with one attached hydrogen (secondary N) is 2. The molecule has 2 heterocycles. The number of ether oxygens (including phenoxy) is 1. The zero-order valence-corrected chi connectivity index (χ0v) is 10.9. The zero-order chi connectivity index (χ0) is 13.6. The summed E-state index contributed by atoms with van der Waals surface area (Å²) < 4.78 is 5.35. The monoisotopic (exact) mass is 260 g/mol. The van der Waals surface area contributed by atoms with E-state index in [9.17, 15) is 9.90 Å². The number of aromatic amines is 1. The second-order valence-electron chi connectivity index (χ2n) is 4.88. The van der Waals surface area contributed by atoms with E-state index in [1.807, 2.05) is 25.1 Å². The number of para-hydroxylation sites is 1. The summed E-state index contributed by atoms with van der Waals surface area (Å²) >= 11 is 0. The predicted molar refractivity (Wildman–Crippen MR) is 71.5 cm³/mol. The van der Waals surface area contributed by atoms with Crippen LogP contribution in [-0.2, 0) is 11.2 Å². The van der Waals surface area contributed by atoms with Gasteiger partial charge in [0.25, 0.3) is 0 Å². The van der Waals surface area contributed by atoms with Gasteiger partial charge in [0.2, 0.25) is 0 Å². The van der Waals surface area contributed by atoms with Gasteiger partial charge in [0, 0.05) is 23.5 Å². The largest absolute Gasteiger partial charge is 0.495 e. The third-order valence-electron chi connectivity index (χ3n) is 3.75. The lowest BCUT2D eigenvalue weighted by Gasteiger charge is -2.26. The highest BCUT2D eigenvalue weighted by Crippen LogP contribution is 2.35. The number of hydrogen-bond donors (Lipinski definition) is 3. The Hall–Kier alpha value is -2.01. The van der Waals surface area contributed by atoms with Crippen molar-refractivity contribution < 1.29 is 14.6 Å². The highest BCUT2D eigenvalue weighted by atomic mass is 16.5. The molecule has 1 aliphatic heterocycles. The second kappa shape index (κ2) is 4.28. The summed E-state index contributed by atoms with van der Waals surface area (Å²) in [6.07, 6.45) is 0.488. The van der Waals surface area contributed by atoms with Crippen LogP contribution in [0.2, 0.25) is 0 Å². The maximum absolute atomic E-state index is 11.2. The van der Waals surface area contributed by atoms with Crippen molar-refractivity contribution >= 4 is 16.9 Å². The number of aromatic nitrogens is 1. The number of H-pyrrole nitrogens is 1. The van der Waals surface area contributed by atoms with E-state index in [1.54, 1.807) is 7.11 Å². The molecule has 2 aromatic rings. The fourth-order valence-electron chi connectivity index (χ4n) is 2.83. The van der Waals surface area contributed by atoms with Crippen molar-refractivity contribution in [2.24, 2.45) is 0 Å². The number of benzene rings is 1. The molecule has 5 heteroatoms. The van der Waals surface area contributed by atoms with E-state index in [0.29, 0.717) is 6.42 Å². The van der Waals surface area contributed by atoms with Crippen LogP contribution in [0.3, 0.4) is 0 Å². The van der Waals surface area contributed by atoms with Crippen molar-refractivity contribution in [3.05, 3.63) is 29.5 Å². The van der Waals surface area contributed by atoms with Crippen LogP contribution in [-0.4, -0.2) is 29.2 Å². The quantitative estimate of drug-likeness (QED) is 0.770. The topological polar surface area (TPSA) is 74.3 Å². The maximum atomic E-state index is 11.2. The van der Waals surface area contributed by atoms with Crippen LogP contribution in [0, 0.1) is 0 Å². The molecule has 5 nitrogen and oxygen atoms in total. The molecule has 2 atom stereocenters. The third-order valence-corrected chi connectivity index (χ3v) is 3.75. The molecule has 100 valence electrons. The number of fused-ring (bicyclic) bond motifs is 3. The van der Waals surface area contributed by atoms with E-state index in [4.69, 9.17) is 4.74 Å². The van der Waals surface area contributed by atoms with Gasteiger partial charge >= 0.3 is 5.97 Å². The lowest BCUT2D eigenvalue weighted by molar-refractivity contribution is -0.139. The van der Waals surface area contributed by atoms with Crippen molar-refractivity contribution in [1.29, 1.82) is 0 Å². The summed E-state index contributed by atoms with van der Waals surface area (Å²) in [5, 5.41) is 13.3. The van der Waals surface area contributed by atoms with E-state index in [-0.39, 0.29) is 6.04 Å². The molecule has 3 N–H and O–H groups in total. The first-order valence-corrected chi connectivity index (χ1v) is 6.28. The molecule has 0 saturated carbocycles. The SMILES string of the molecule is COc1cccc2c3c([nH]c12)C(C)NC(C(=O)O)C3. The van der Waals surface area contributed by atoms with Crippen molar-refractivity contribution in [3.63, 3.8) is 0 Å². The van der Waals surface area contributed by atoms with E-state index >= 15 is 0 Å². The van der Waals surface area contributed by atoms with Crippen LogP contribution in [0.4, 0.5) is 0 Å². The fourth-order valence-corrected chi connectivity index (χ4v) is 2.83. The standard InChI is InChI=1S/C14H16N2O3/c1-7-12-9(6-10(15-7)14(17)18)8-4-3-5-11(19-2)13(8)16-12/h3-5,7,10,15-16H,6H2,1-2H3,(H,17,18). The summed E-state index contributed by atoms with van der Waals surface area (Å²) in [6, 6.07) is 5.29. The van der Waals surface area contributed by atoms with Crippen molar-refractivity contribution in [1.82, 2.24) is 10.3 Å². The van der Waals surface area contributed by atoms with Crippen molar-refractivity contribution in [3.8, 4) is 5.75 Å². The molecule has 0 radical (unpaired) electrons. The Kier molecular flexibility index (Phi) is 2.71. The van der Waals surface area contributed by atoms with Gasteiger partial charge in [-0.25, -0.2) is 0 Å². The molecule has 0 aliphatic carbocycles. The molecule has 0 amide bonds. The minimum absolute atomic E-state index is 0.0121. The van der Waals surface area contributed by atoms with Gasteiger partial charge in [-0.3, -0.25) is 10.1 Å². The first kappa shape index (κ1) is 12.0. The Bertz CT molecular complexity index is 647. The average Bonchev–Trinajstić information content (AvgIpc) is 2.78. The van der Waals surface area contributed by atoms with E-state index in [1.165, 1.54) is 0 Å². The first-order chi connectivity index (χ1) is 9.11. The number of aliphatic carboxylic acids is 1. The van der Waals surface area contributed by atoms with Gasteiger partial charge in [-0.05, 0) is 18.6 Å². The molecule has 1 aromatic heterocycles. The molecular weight excluding hydrogens is 244 g/mol. The van der Waals surface area contributed by atoms with Gasteiger partial charge in [0.05, 0.1) is 12.6 Å². The van der Waals surface area contributed by atoms with Crippen molar-refractivity contribution in [2.45, 2.75) is 25.4 Å². The summed E-state index contributed by atoms with van der Waals surface area (Å²) in [4.78, 5) is 14.6. The highest BCUT2D eigenvalue weighted by molar-refractivity contribution is 5.91. The summed E-state index contributed by atoms with van der Waals surface area (Å²) in [6.45, 7) is 1.97. The smallest absolute Gasteiger partial charge is 0.321 e. The minimum atomic E-state index is -0.810. The lowest BCUT2D eigenvalue weighted by Crippen LogP contribution is -2.43. The number of carboxylic acids is 1. The molecule has 2 unspecified atom stereocenters. The Labute approximate surface area is 110 Å². The average molecular weight is 260 g/mol. The Morgan fingerprint density at radius 2 is 2.26 bits per heavy atom. The molecule has 0 bridgehead atoms. The highest BCUT2D eigenvalue weighted by Gasteiger charge is 2.31. The van der Waals surface area contributed by atoms with Crippen LogP contribution < -0.4 is 10.1 Å². The van der Waals surface area contributed by atoms with Gasteiger partial charge in [-0.15, -0.1) is 0 Å². The van der Waals surface area contributed by atoms with E-state index in [2.05, 4.69) is 10.3 Å². The number of carbonyl (C=O) groups is 1. The van der Waals surface area contributed by atoms with E-state index in [0.717, 1.165) is 27.9 Å². The van der Waals surface area contributed by atoms with Crippen molar-refractivity contribution in [2.75, 3.05) is 7.11 Å². The number of carboxylic acid groups (broad SMARTS) is 1. The molecule has 1 aliphatic rings. The molecule has 0 spiro atoms. The summed E-state index contributed by atoms with van der Waals surface area (Å²) in [5.74, 6) is -0.0271. The fraction of sp³-hybridized carbons (Fsp3) is 0.357. The molecular formula is C14H16N2O3. The molecule has 1 aromatic carbocycles. The Balaban J connectivity index is 2.19. The molecule has 0 saturated heterocycles. The van der Waals surface area contributed by atoms with Gasteiger partial charge in [0.1, 0.15) is 11.8 Å². The summed E-state index contributed by atoms with van der Waals surface area (Å²) in [7, 11) is 1.64. The van der Waals surface area contributed by atoms with Crippen LogP contribution in [0.25, 0.3) is 10.9 Å². The Morgan fingerprint density at radius 3 is 2.95 bits per heavy atom. The predicted octanol–water partition coefficient (Wildman–Crippen LogP) is 1.84. The number of methoxy groups -OCH3 is 1. The minimum Gasteiger partial charge on any atom is -0.495 e. The van der Waals surface area contributed by atoms with Gasteiger partial charge < -0.3 is 14.8 Å². The van der Waals surface area contributed by atoms with Gasteiger partial charge in [0.15, 0.2) is 0 Å². The molecule has 0 fully saturated rings. The third kappa shape index (κ3) is 1.77. The number of rotatable bonds is 2. The van der Waals surface area contributed by atoms with Crippen LogP contribution in [0.5, 0.6) is 5.75 Å². The van der Waals surface area contributed by atoms with Gasteiger partial charge in [-0.1, -0.05) is 12.1 Å². The van der Waals surface area contributed by atoms with Crippen LogP contribution >= 0.6 is 0 Å². The van der Waals surface area contributed by atoms with Crippen LogP contribution in [0.15, 0.2) is 18.2 Å². The second-order valence-corrected chi connectivity index (χ2v) is 4.88. The first-order valence-electron chi connectivity index (χ1n) is 6.28. The maximum Gasteiger partial charge on any atom is 0.321 e. The molecule has 19 heavy (non-hydrogen) atoms. The van der Waals surface area contributed by atoms with Crippen LogP contribution in [0.1, 0.15) is 24.2 Å². The Morgan fingerprint density at radius 1 is 1.47 bits per heavy atom. The molecule has 3 rings (SSSR count). The summed E-state index contributed by atoms with van der Waals surface area (Å²) in [5.41, 5.74) is 3.07. The van der Waals surface area contributed by atoms with E-state index < -0.39 is 12.0 Å².